The molecule has 16 heavy (non-hydrogen) atoms. The van der Waals surface area contributed by atoms with E-state index in [0.29, 0.717) is 12.5 Å². The lowest BCUT2D eigenvalue weighted by Gasteiger charge is -2.21. The molecule has 0 aliphatic carbocycles. The van der Waals surface area contributed by atoms with Crippen molar-refractivity contribution in [1.82, 2.24) is 4.90 Å². The van der Waals surface area contributed by atoms with Crippen LogP contribution in [0.2, 0.25) is 0 Å². The van der Waals surface area contributed by atoms with E-state index in [0.717, 1.165) is 18.5 Å². The lowest BCUT2D eigenvalue weighted by molar-refractivity contribution is 0.275. The van der Waals surface area contributed by atoms with E-state index in [1.807, 2.05) is 13.1 Å². The Kier molecular flexibility index (Phi) is 4.74. The molecule has 0 fully saturated rings. The van der Waals surface area contributed by atoms with Gasteiger partial charge in [0, 0.05) is 13.1 Å². The van der Waals surface area contributed by atoms with E-state index in [1.165, 1.54) is 6.07 Å². The predicted molar refractivity (Wildman–Crippen MR) is 66.6 cm³/mol. The highest BCUT2D eigenvalue weighted by Crippen LogP contribution is 2.17. The fourth-order valence-electron chi connectivity index (χ4n) is 1.74. The molecule has 0 aromatic heterocycles. The van der Waals surface area contributed by atoms with Gasteiger partial charge in [0.2, 0.25) is 0 Å². The molecule has 0 aliphatic rings. The maximum Gasteiger partial charge on any atom is 0.146 e. The van der Waals surface area contributed by atoms with Crippen molar-refractivity contribution in [2.24, 2.45) is 5.92 Å². The zero-order valence-corrected chi connectivity index (χ0v) is 10.3. The van der Waals surface area contributed by atoms with E-state index in [9.17, 15) is 4.39 Å². The summed E-state index contributed by atoms with van der Waals surface area (Å²) in [5.74, 6) is 0.328. The first-order chi connectivity index (χ1) is 7.54. The highest BCUT2D eigenvalue weighted by molar-refractivity contribution is 5.47. The molecular weight excluding hydrogens is 203 g/mol. The quantitative estimate of drug-likeness (QED) is 0.779. The van der Waals surface area contributed by atoms with Crippen molar-refractivity contribution in [2.75, 3.05) is 19.3 Å². The van der Waals surface area contributed by atoms with Gasteiger partial charge in [-0.15, -0.1) is 0 Å². The van der Waals surface area contributed by atoms with Crippen LogP contribution in [0.3, 0.4) is 0 Å². The zero-order valence-electron chi connectivity index (χ0n) is 10.3. The number of rotatable bonds is 5. The summed E-state index contributed by atoms with van der Waals surface area (Å²) in [4.78, 5) is 2.18. The third kappa shape index (κ3) is 3.49. The zero-order chi connectivity index (χ0) is 12.1. The van der Waals surface area contributed by atoms with E-state index >= 15 is 0 Å². The van der Waals surface area contributed by atoms with Crippen molar-refractivity contribution >= 4 is 5.69 Å². The number of hydrogen-bond donors (Lipinski definition) is 1. The molecule has 2 N–H and O–H groups in total. The Labute approximate surface area is 97.3 Å². The van der Waals surface area contributed by atoms with E-state index < -0.39 is 0 Å². The van der Waals surface area contributed by atoms with Gasteiger partial charge >= 0.3 is 0 Å². The van der Waals surface area contributed by atoms with Crippen molar-refractivity contribution in [3.05, 3.63) is 29.6 Å². The summed E-state index contributed by atoms with van der Waals surface area (Å²) < 4.78 is 13.2. The highest BCUT2D eigenvalue weighted by Gasteiger charge is 2.09. The van der Waals surface area contributed by atoms with Crippen LogP contribution in [0.15, 0.2) is 18.2 Å². The van der Waals surface area contributed by atoms with Crippen LogP contribution >= 0.6 is 0 Å². The maximum atomic E-state index is 13.2. The SMILES string of the molecule is CCC(C)CN(C)Cc1cccc(F)c1N. The van der Waals surface area contributed by atoms with Gasteiger partial charge in [-0.25, -0.2) is 4.39 Å². The molecule has 3 heteroatoms. The van der Waals surface area contributed by atoms with Gasteiger partial charge in [-0.05, 0) is 24.6 Å². The molecule has 1 rings (SSSR count). The minimum atomic E-state index is -0.325. The van der Waals surface area contributed by atoms with Crippen molar-refractivity contribution in [1.29, 1.82) is 0 Å². The Bertz CT molecular complexity index is 339. The van der Waals surface area contributed by atoms with Gasteiger partial charge in [-0.1, -0.05) is 32.4 Å². The van der Waals surface area contributed by atoms with Crippen molar-refractivity contribution in [3.8, 4) is 0 Å². The van der Waals surface area contributed by atoms with Crippen LogP contribution in [0.5, 0.6) is 0 Å². The third-order valence-electron chi connectivity index (χ3n) is 2.90. The second kappa shape index (κ2) is 5.85. The van der Waals surface area contributed by atoms with Crippen molar-refractivity contribution in [3.63, 3.8) is 0 Å². The van der Waals surface area contributed by atoms with E-state index in [-0.39, 0.29) is 11.5 Å². The molecule has 2 nitrogen and oxygen atoms in total. The molecular formula is C13H21FN2. The molecule has 1 aromatic carbocycles. The van der Waals surface area contributed by atoms with Gasteiger partial charge in [0.1, 0.15) is 5.82 Å². The molecule has 0 heterocycles. The first-order valence-corrected chi connectivity index (χ1v) is 5.76. The van der Waals surface area contributed by atoms with Crippen LogP contribution in [0.4, 0.5) is 10.1 Å². The van der Waals surface area contributed by atoms with Gasteiger partial charge < -0.3 is 10.6 Å². The smallest absolute Gasteiger partial charge is 0.146 e. The molecule has 0 saturated carbocycles. The molecule has 90 valence electrons. The number of nitrogen functional groups attached to an aromatic ring is 1. The van der Waals surface area contributed by atoms with Crippen LogP contribution in [0.1, 0.15) is 25.8 Å². The predicted octanol–water partition coefficient (Wildman–Crippen LogP) is 2.89. The molecule has 0 amide bonds. The Morgan fingerprint density at radius 1 is 1.44 bits per heavy atom. The number of hydrogen-bond acceptors (Lipinski definition) is 2. The molecule has 0 radical (unpaired) electrons. The number of nitrogens with zero attached hydrogens (tertiary/aromatic N) is 1. The first-order valence-electron chi connectivity index (χ1n) is 5.76. The molecule has 0 spiro atoms. The normalized spacial score (nSPS) is 13.1. The first kappa shape index (κ1) is 13.0. The minimum absolute atomic E-state index is 0.276. The monoisotopic (exact) mass is 224 g/mol. The van der Waals surface area contributed by atoms with Crippen molar-refractivity contribution < 1.29 is 4.39 Å². The fourth-order valence-corrected chi connectivity index (χ4v) is 1.74. The summed E-state index contributed by atoms with van der Waals surface area (Å²) >= 11 is 0. The lowest BCUT2D eigenvalue weighted by Crippen LogP contribution is -2.24. The lowest BCUT2D eigenvalue weighted by atomic mass is 10.1. The standard InChI is InChI=1S/C13H21FN2/c1-4-10(2)8-16(3)9-11-6-5-7-12(14)13(11)15/h5-7,10H,4,8-9,15H2,1-3H3. The highest BCUT2D eigenvalue weighted by atomic mass is 19.1. The summed E-state index contributed by atoms with van der Waals surface area (Å²) in [7, 11) is 2.04. The Morgan fingerprint density at radius 3 is 2.75 bits per heavy atom. The van der Waals surface area contributed by atoms with E-state index in [1.54, 1.807) is 6.07 Å². The largest absolute Gasteiger partial charge is 0.396 e. The average Bonchev–Trinajstić information content (AvgIpc) is 2.24. The average molecular weight is 224 g/mol. The molecule has 1 unspecified atom stereocenters. The van der Waals surface area contributed by atoms with Gasteiger partial charge in [-0.3, -0.25) is 0 Å². The van der Waals surface area contributed by atoms with Gasteiger partial charge in [0.15, 0.2) is 0 Å². The maximum absolute atomic E-state index is 13.2. The number of benzene rings is 1. The summed E-state index contributed by atoms with van der Waals surface area (Å²) in [6.07, 6.45) is 1.16. The van der Waals surface area contributed by atoms with Crippen molar-refractivity contribution in [2.45, 2.75) is 26.8 Å². The van der Waals surface area contributed by atoms with Crippen LogP contribution in [0, 0.1) is 11.7 Å². The van der Waals surface area contributed by atoms with E-state index in [4.69, 9.17) is 5.73 Å². The van der Waals surface area contributed by atoms with Crippen LogP contribution in [-0.2, 0) is 6.54 Å². The minimum Gasteiger partial charge on any atom is -0.396 e. The number of nitrogens with two attached hydrogens (primary N) is 1. The molecule has 1 atom stereocenters. The fraction of sp³-hybridized carbons (Fsp3) is 0.538. The Balaban J connectivity index is 2.62. The Hall–Kier alpha value is -1.09. The van der Waals surface area contributed by atoms with Gasteiger partial charge in [-0.2, -0.15) is 0 Å². The molecule has 0 bridgehead atoms. The van der Waals surface area contributed by atoms with Crippen LogP contribution in [0.25, 0.3) is 0 Å². The summed E-state index contributed by atoms with van der Waals surface area (Å²) in [5.41, 5.74) is 6.84. The molecule has 1 aromatic rings. The Morgan fingerprint density at radius 2 is 2.12 bits per heavy atom. The van der Waals surface area contributed by atoms with E-state index in [2.05, 4.69) is 18.7 Å². The van der Waals surface area contributed by atoms with Crippen LogP contribution in [-0.4, -0.2) is 18.5 Å². The molecule has 0 saturated heterocycles. The van der Waals surface area contributed by atoms with Crippen LogP contribution < -0.4 is 5.73 Å². The number of halogens is 1. The third-order valence-corrected chi connectivity index (χ3v) is 2.90. The summed E-state index contributed by atoms with van der Waals surface area (Å²) in [6.45, 7) is 6.10. The molecule has 0 aliphatic heterocycles. The summed E-state index contributed by atoms with van der Waals surface area (Å²) in [5, 5.41) is 0. The second-order valence-corrected chi connectivity index (χ2v) is 4.52. The number of anilines is 1. The summed E-state index contributed by atoms with van der Waals surface area (Å²) in [6, 6.07) is 4.98. The topological polar surface area (TPSA) is 29.3 Å². The number of para-hydroxylation sites is 1. The van der Waals surface area contributed by atoms with Gasteiger partial charge in [0.25, 0.3) is 0 Å². The second-order valence-electron chi connectivity index (χ2n) is 4.52. The van der Waals surface area contributed by atoms with Gasteiger partial charge in [0.05, 0.1) is 5.69 Å².